The number of rotatable bonds is 5. The van der Waals surface area contributed by atoms with E-state index < -0.39 is 0 Å². The lowest BCUT2D eigenvalue weighted by Crippen LogP contribution is -2.09. The largest absolute Gasteiger partial charge is 0.394 e. The van der Waals surface area contributed by atoms with Crippen LogP contribution in [0.4, 0.5) is 11.5 Å². The van der Waals surface area contributed by atoms with E-state index in [0.717, 1.165) is 30.3 Å². The van der Waals surface area contributed by atoms with Crippen molar-refractivity contribution in [3.8, 4) is 0 Å². The van der Waals surface area contributed by atoms with Crippen molar-refractivity contribution >= 4 is 11.5 Å². The molecule has 0 unspecified atom stereocenters. The van der Waals surface area contributed by atoms with Crippen LogP contribution in [-0.2, 0) is 13.1 Å². The molecule has 0 aromatic carbocycles. The van der Waals surface area contributed by atoms with Crippen molar-refractivity contribution in [3.63, 3.8) is 0 Å². The smallest absolute Gasteiger partial charge is 0.148 e. The van der Waals surface area contributed by atoms with Crippen LogP contribution >= 0.6 is 0 Å². The van der Waals surface area contributed by atoms with Gasteiger partial charge in [0, 0.05) is 18.9 Å². The van der Waals surface area contributed by atoms with E-state index in [0.29, 0.717) is 12.2 Å². The SMILES string of the molecule is CCCn1nc(C)c(N)c1NCc1ncc[nH]1. The molecule has 2 aromatic rings. The van der Waals surface area contributed by atoms with E-state index in [-0.39, 0.29) is 0 Å². The van der Waals surface area contributed by atoms with Crippen LogP contribution in [0.5, 0.6) is 0 Å². The molecule has 2 aromatic heterocycles. The highest BCUT2D eigenvalue weighted by molar-refractivity contribution is 5.64. The molecule has 0 aliphatic rings. The van der Waals surface area contributed by atoms with Crippen LogP contribution < -0.4 is 11.1 Å². The summed E-state index contributed by atoms with van der Waals surface area (Å²) in [4.78, 5) is 7.20. The van der Waals surface area contributed by atoms with E-state index in [9.17, 15) is 0 Å². The summed E-state index contributed by atoms with van der Waals surface area (Å²) in [5.41, 5.74) is 7.57. The third-order valence-electron chi connectivity index (χ3n) is 2.59. The number of aromatic amines is 1. The van der Waals surface area contributed by atoms with Gasteiger partial charge in [-0.25, -0.2) is 9.67 Å². The molecule has 2 rings (SSSR count). The number of nitrogens with one attached hydrogen (secondary N) is 2. The third-order valence-corrected chi connectivity index (χ3v) is 2.59. The first-order chi connectivity index (χ1) is 8.22. The van der Waals surface area contributed by atoms with Crippen molar-refractivity contribution < 1.29 is 0 Å². The Hall–Kier alpha value is -1.98. The van der Waals surface area contributed by atoms with Gasteiger partial charge in [-0.2, -0.15) is 5.10 Å². The molecule has 92 valence electrons. The van der Waals surface area contributed by atoms with Crippen LogP contribution in [0.15, 0.2) is 12.4 Å². The molecule has 0 aliphatic heterocycles. The molecule has 2 heterocycles. The Bertz CT molecular complexity index is 470. The highest BCUT2D eigenvalue weighted by Gasteiger charge is 2.11. The quantitative estimate of drug-likeness (QED) is 0.732. The standard InChI is InChI=1S/C11H18N6/c1-3-6-17-11(10(12)8(2)16-17)15-7-9-13-4-5-14-9/h4-5,15H,3,6-7,12H2,1-2H3,(H,13,14). The fourth-order valence-electron chi connectivity index (χ4n) is 1.72. The number of hydrogen-bond acceptors (Lipinski definition) is 4. The van der Waals surface area contributed by atoms with Crippen molar-refractivity contribution in [3.05, 3.63) is 23.9 Å². The molecule has 0 aliphatic carbocycles. The number of nitrogens with zero attached hydrogens (tertiary/aromatic N) is 3. The van der Waals surface area contributed by atoms with Gasteiger partial charge < -0.3 is 16.0 Å². The minimum absolute atomic E-state index is 0.617. The van der Waals surface area contributed by atoms with Gasteiger partial charge in [-0.1, -0.05) is 6.92 Å². The summed E-state index contributed by atoms with van der Waals surface area (Å²) in [7, 11) is 0. The summed E-state index contributed by atoms with van der Waals surface area (Å²) in [6.45, 7) is 5.51. The summed E-state index contributed by atoms with van der Waals surface area (Å²) in [6.07, 6.45) is 4.56. The molecule has 0 amide bonds. The van der Waals surface area contributed by atoms with E-state index in [1.54, 1.807) is 12.4 Å². The molecule has 0 atom stereocenters. The zero-order chi connectivity index (χ0) is 12.3. The Kier molecular flexibility index (Phi) is 3.32. The van der Waals surface area contributed by atoms with Crippen molar-refractivity contribution in [1.29, 1.82) is 0 Å². The fraction of sp³-hybridized carbons (Fsp3) is 0.455. The van der Waals surface area contributed by atoms with E-state index >= 15 is 0 Å². The highest BCUT2D eigenvalue weighted by atomic mass is 15.3. The third kappa shape index (κ3) is 2.41. The lowest BCUT2D eigenvalue weighted by molar-refractivity contribution is 0.602. The number of nitrogen functional groups attached to an aromatic ring is 1. The number of hydrogen-bond donors (Lipinski definition) is 3. The number of aryl methyl sites for hydroxylation is 2. The average molecular weight is 234 g/mol. The predicted octanol–water partition coefficient (Wildman–Crippen LogP) is 1.52. The molecular weight excluding hydrogens is 216 g/mol. The summed E-state index contributed by atoms with van der Waals surface area (Å²) >= 11 is 0. The minimum atomic E-state index is 0.617. The van der Waals surface area contributed by atoms with Gasteiger partial charge >= 0.3 is 0 Å². The molecule has 0 radical (unpaired) electrons. The monoisotopic (exact) mass is 234 g/mol. The van der Waals surface area contributed by atoms with Gasteiger partial charge in [0.2, 0.25) is 0 Å². The Balaban J connectivity index is 2.13. The second kappa shape index (κ2) is 4.90. The Morgan fingerprint density at radius 1 is 1.53 bits per heavy atom. The Labute approximate surface area is 100 Å². The number of aromatic nitrogens is 4. The molecule has 0 spiro atoms. The van der Waals surface area contributed by atoms with Crippen molar-refractivity contribution in [2.24, 2.45) is 0 Å². The summed E-state index contributed by atoms with van der Waals surface area (Å²) < 4.78 is 1.91. The maximum absolute atomic E-state index is 6.00. The summed E-state index contributed by atoms with van der Waals surface area (Å²) in [6, 6.07) is 0. The van der Waals surface area contributed by atoms with Crippen LogP contribution in [0.1, 0.15) is 24.9 Å². The zero-order valence-electron chi connectivity index (χ0n) is 10.2. The van der Waals surface area contributed by atoms with Crippen LogP contribution in [0.2, 0.25) is 0 Å². The minimum Gasteiger partial charge on any atom is -0.394 e. The molecule has 6 heteroatoms. The highest BCUT2D eigenvalue weighted by Crippen LogP contribution is 2.22. The van der Waals surface area contributed by atoms with Gasteiger partial charge in [0.15, 0.2) is 0 Å². The lowest BCUT2D eigenvalue weighted by Gasteiger charge is -2.08. The van der Waals surface area contributed by atoms with Crippen LogP contribution in [0, 0.1) is 6.92 Å². The number of H-pyrrole nitrogens is 1. The van der Waals surface area contributed by atoms with E-state index in [1.165, 1.54) is 0 Å². The second-order valence-corrected chi connectivity index (χ2v) is 3.96. The van der Waals surface area contributed by atoms with Gasteiger partial charge in [-0.15, -0.1) is 0 Å². The molecule has 17 heavy (non-hydrogen) atoms. The predicted molar refractivity (Wildman–Crippen MR) is 67.6 cm³/mol. The second-order valence-electron chi connectivity index (χ2n) is 3.96. The van der Waals surface area contributed by atoms with Crippen molar-refractivity contribution in [2.45, 2.75) is 33.4 Å². The molecule has 0 saturated heterocycles. The van der Waals surface area contributed by atoms with Crippen LogP contribution in [0.3, 0.4) is 0 Å². The normalized spacial score (nSPS) is 10.7. The molecule has 4 N–H and O–H groups in total. The van der Waals surface area contributed by atoms with E-state index in [1.807, 2.05) is 11.6 Å². The number of imidazole rings is 1. The first-order valence-corrected chi connectivity index (χ1v) is 5.77. The maximum atomic E-state index is 6.00. The topological polar surface area (TPSA) is 84.6 Å². The molecule has 0 bridgehead atoms. The fourth-order valence-corrected chi connectivity index (χ4v) is 1.72. The number of nitrogens with two attached hydrogens (primary N) is 1. The Morgan fingerprint density at radius 3 is 3.00 bits per heavy atom. The van der Waals surface area contributed by atoms with E-state index in [4.69, 9.17) is 5.73 Å². The molecule has 6 nitrogen and oxygen atoms in total. The van der Waals surface area contributed by atoms with Gasteiger partial charge in [0.1, 0.15) is 11.6 Å². The average Bonchev–Trinajstić information content (AvgIpc) is 2.89. The zero-order valence-corrected chi connectivity index (χ0v) is 10.2. The molecular formula is C11H18N6. The van der Waals surface area contributed by atoms with E-state index in [2.05, 4.69) is 27.3 Å². The first kappa shape index (κ1) is 11.5. The van der Waals surface area contributed by atoms with Gasteiger partial charge in [0.25, 0.3) is 0 Å². The van der Waals surface area contributed by atoms with Crippen molar-refractivity contribution in [2.75, 3.05) is 11.1 Å². The van der Waals surface area contributed by atoms with Crippen LogP contribution in [-0.4, -0.2) is 19.7 Å². The molecule has 0 fully saturated rings. The van der Waals surface area contributed by atoms with Gasteiger partial charge in [-0.05, 0) is 13.3 Å². The van der Waals surface area contributed by atoms with Crippen molar-refractivity contribution in [1.82, 2.24) is 19.7 Å². The van der Waals surface area contributed by atoms with Crippen LogP contribution in [0.25, 0.3) is 0 Å². The molecule has 0 saturated carbocycles. The van der Waals surface area contributed by atoms with Gasteiger partial charge in [-0.3, -0.25) is 0 Å². The lowest BCUT2D eigenvalue weighted by atomic mass is 10.4. The maximum Gasteiger partial charge on any atom is 0.148 e. The number of anilines is 2. The Morgan fingerprint density at radius 2 is 2.35 bits per heavy atom. The summed E-state index contributed by atoms with van der Waals surface area (Å²) in [5, 5.41) is 7.67. The first-order valence-electron chi connectivity index (χ1n) is 5.77. The summed E-state index contributed by atoms with van der Waals surface area (Å²) in [5.74, 6) is 1.76. The van der Waals surface area contributed by atoms with Gasteiger partial charge in [0.05, 0.1) is 17.9 Å².